The van der Waals surface area contributed by atoms with Gasteiger partial charge >= 0.3 is 12.2 Å². The number of anilines is 3. The molecule has 44 heavy (non-hydrogen) atoms. The van der Waals surface area contributed by atoms with E-state index < -0.39 is 23.6 Å². The number of alkyl halides is 3. The minimum Gasteiger partial charge on any atom is -0.383 e. The van der Waals surface area contributed by atoms with Crippen molar-refractivity contribution in [1.82, 2.24) is 24.3 Å². The Kier molecular flexibility index (Phi) is 7.16. The zero-order chi connectivity index (χ0) is 30.6. The number of benzene rings is 2. The summed E-state index contributed by atoms with van der Waals surface area (Å²) in [6, 6.07) is 8.16. The van der Waals surface area contributed by atoms with Crippen molar-refractivity contribution in [2.24, 2.45) is 0 Å². The molecular formula is C31H32F4N8O. The van der Waals surface area contributed by atoms with Crippen LogP contribution in [0.3, 0.4) is 0 Å². The summed E-state index contributed by atoms with van der Waals surface area (Å²) in [5.74, 6) is -0.430. The molecule has 4 N–H and O–H groups in total. The molecule has 0 unspecified atom stereocenters. The lowest BCUT2D eigenvalue weighted by Crippen LogP contribution is -2.46. The van der Waals surface area contributed by atoms with Gasteiger partial charge in [-0.3, -0.25) is 9.80 Å². The quantitative estimate of drug-likeness (QED) is 0.219. The number of nitrogens with one attached hydrogen (secondary N) is 2. The fourth-order valence-electron chi connectivity index (χ4n) is 6.05. The summed E-state index contributed by atoms with van der Waals surface area (Å²) >= 11 is 0. The molecule has 3 heterocycles. The Hall–Kier alpha value is -4.23. The second-order valence-electron chi connectivity index (χ2n) is 11.8. The van der Waals surface area contributed by atoms with Crippen molar-refractivity contribution < 1.29 is 22.4 Å². The SMILES string of the molecule is Nc1ncnc2c1c(-c1ccc(NC(=O)Nc3ccc(CN4CCN(C5CC5)CC4)c(C(F)(F)F)c3)c(F)c1)cn2C1CC1. The van der Waals surface area contributed by atoms with Crippen LogP contribution in [-0.4, -0.2) is 62.6 Å². The van der Waals surface area contributed by atoms with E-state index in [1.165, 1.54) is 43.4 Å². The Bertz CT molecular complexity index is 1720. The standard InChI is InChI=1S/C31H32F4N8O/c32-25-13-18(23-16-43(22-6-7-22)29-27(23)28(36)37-17-38-29)2-8-26(25)40-30(44)39-20-3-1-19(24(14-20)31(33,34)35)15-41-9-11-42(12-10-41)21-4-5-21/h1-3,8,13-14,16-17,21-22H,4-7,9-12,15H2,(H2,36,37,38)(H2,39,40,44). The van der Waals surface area contributed by atoms with Crippen LogP contribution in [0.5, 0.6) is 0 Å². The van der Waals surface area contributed by atoms with Crippen molar-refractivity contribution in [3.05, 3.63) is 65.9 Å². The monoisotopic (exact) mass is 608 g/mol. The molecule has 0 bridgehead atoms. The molecule has 2 saturated carbocycles. The molecule has 7 rings (SSSR count). The van der Waals surface area contributed by atoms with E-state index >= 15 is 4.39 Å². The summed E-state index contributed by atoms with van der Waals surface area (Å²) in [6.45, 7) is 3.31. The molecule has 13 heteroatoms. The van der Waals surface area contributed by atoms with E-state index in [0.29, 0.717) is 47.3 Å². The van der Waals surface area contributed by atoms with Crippen LogP contribution in [0.1, 0.15) is 42.9 Å². The molecule has 3 aliphatic rings. The van der Waals surface area contributed by atoms with Crippen molar-refractivity contribution in [1.29, 1.82) is 0 Å². The molecule has 3 fully saturated rings. The Balaban J connectivity index is 1.05. The second-order valence-corrected chi connectivity index (χ2v) is 11.8. The number of fused-ring (bicyclic) bond motifs is 1. The summed E-state index contributed by atoms with van der Waals surface area (Å²) in [5, 5.41) is 5.44. The molecule has 0 spiro atoms. The molecule has 2 amide bonds. The zero-order valence-corrected chi connectivity index (χ0v) is 23.9. The lowest BCUT2D eigenvalue weighted by molar-refractivity contribution is -0.138. The van der Waals surface area contributed by atoms with Gasteiger partial charge in [0.1, 0.15) is 23.6 Å². The van der Waals surface area contributed by atoms with Gasteiger partial charge in [-0.15, -0.1) is 0 Å². The number of hydrogen-bond donors (Lipinski definition) is 3. The molecule has 9 nitrogen and oxygen atoms in total. The van der Waals surface area contributed by atoms with E-state index in [4.69, 9.17) is 5.73 Å². The topological polar surface area (TPSA) is 104 Å². The fourth-order valence-corrected chi connectivity index (χ4v) is 6.05. The molecule has 230 valence electrons. The maximum Gasteiger partial charge on any atom is 0.416 e. The number of carbonyl (C=O) groups excluding carboxylic acids is 1. The van der Waals surface area contributed by atoms with Crippen LogP contribution in [0, 0.1) is 5.82 Å². The average Bonchev–Trinajstić information content (AvgIpc) is 3.93. The number of nitrogens with zero attached hydrogens (tertiary/aromatic N) is 5. The smallest absolute Gasteiger partial charge is 0.383 e. The fraction of sp³-hybridized carbons (Fsp3) is 0.387. The zero-order valence-electron chi connectivity index (χ0n) is 23.9. The first-order valence-corrected chi connectivity index (χ1v) is 14.8. The third-order valence-electron chi connectivity index (χ3n) is 8.64. The first kappa shape index (κ1) is 28.5. The molecule has 0 atom stereocenters. The lowest BCUT2D eigenvalue weighted by Gasteiger charge is -2.35. The van der Waals surface area contributed by atoms with Crippen molar-refractivity contribution in [3.8, 4) is 11.1 Å². The van der Waals surface area contributed by atoms with E-state index in [1.54, 1.807) is 6.07 Å². The summed E-state index contributed by atoms with van der Waals surface area (Å²) in [7, 11) is 0. The van der Waals surface area contributed by atoms with Crippen LogP contribution in [0.2, 0.25) is 0 Å². The van der Waals surface area contributed by atoms with E-state index in [0.717, 1.165) is 32.0 Å². The molecule has 2 aromatic heterocycles. The van der Waals surface area contributed by atoms with Crippen LogP contribution in [-0.2, 0) is 12.7 Å². The normalized spacial score (nSPS) is 18.1. The first-order valence-electron chi connectivity index (χ1n) is 14.8. The number of piperazine rings is 1. The van der Waals surface area contributed by atoms with Gasteiger partial charge in [0.25, 0.3) is 0 Å². The summed E-state index contributed by atoms with van der Waals surface area (Å²) < 4.78 is 59.3. The van der Waals surface area contributed by atoms with Crippen LogP contribution in [0.25, 0.3) is 22.2 Å². The maximum absolute atomic E-state index is 15.2. The number of nitrogen functional groups attached to an aromatic ring is 1. The highest BCUT2D eigenvalue weighted by Gasteiger charge is 2.35. The van der Waals surface area contributed by atoms with E-state index in [1.807, 2.05) is 15.7 Å². The van der Waals surface area contributed by atoms with Gasteiger partial charge in [0, 0.05) is 62.3 Å². The predicted molar refractivity (Wildman–Crippen MR) is 160 cm³/mol. The molecule has 4 aromatic rings. The highest BCUT2D eigenvalue weighted by atomic mass is 19.4. The second kappa shape index (κ2) is 11.0. The lowest BCUT2D eigenvalue weighted by atomic mass is 10.0. The molecule has 2 aliphatic carbocycles. The highest BCUT2D eigenvalue weighted by molar-refractivity contribution is 6.02. The number of urea groups is 1. The van der Waals surface area contributed by atoms with Gasteiger partial charge in [-0.1, -0.05) is 12.1 Å². The predicted octanol–water partition coefficient (Wildman–Crippen LogP) is 6.10. The van der Waals surface area contributed by atoms with Crippen molar-refractivity contribution in [3.63, 3.8) is 0 Å². The number of rotatable bonds is 7. The van der Waals surface area contributed by atoms with Crippen LogP contribution in [0.15, 0.2) is 48.9 Å². The van der Waals surface area contributed by atoms with Gasteiger partial charge in [-0.2, -0.15) is 13.2 Å². The Labute approximate surface area is 251 Å². The van der Waals surface area contributed by atoms with Gasteiger partial charge in [0.2, 0.25) is 0 Å². The average molecular weight is 609 g/mol. The van der Waals surface area contributed by atoms with Crippen molar-refractivity contribution >= 4 is 34.3 Å². The molecule has 1 aliphatic heterocycles. The number of amides is 2. The third kappa shape index (κ3) is 5.81. The molecule has 1 saturated heterocycles. The summed E-state index contributed by atoms with van der Waals surface area (Å²) in [6.07, 6.45) is 3.13. The number of hydrogen-bond acceptors (Lipinski definition) is 6. The minimum atomic E-state index is -4.60. The molecule has 0 radical (unpaired) electrons. The Morgan fingerprint density at radius 1 is 0.955 bits per heavy atom. The van der Waals surface area contributed by atoms with Crippen molar-refractivity contribution in [2.45, 2.75) is 50.5 Å². The number of aromatic nitrogens is 3. The summed E-state index contributed by atoms with van der Waals surface area (Å²) in [4.78, 5) is 25.6. The van der Waals surface area contributed by atoms with Crippen molar-refractivity contribution in [2.75, 3.05) is 42.5 Å². The van der Waals surface area contributed by atoms with Gasteiger partial charge < -0.3 is 20.9 Å². The molecule has 2 aromatic carbocycles. The van der Waals surface area contributed by atoms with Gasteiger partial charge in [-0.05, 0) is 61.1 Å². The number of nitrogens with two attached hydrogens (primary N) is 1. The van der Waals surface area contributed by atoms with Crippen LogP contribution in [0.4, 0.5) is 39.5 Å². The van der Waals surface area contributed by atoms with Crippen LogP contribution < -0.4 is 16.4 Å². The first-order chi connectivity index (χ1) is 21.1. The van der Waals surface area contributed by atoms with Crippen LogP contribution >= 0.6 is 0 Å². The highest BCUT2D eigenvalue weighted by Crippen LogP contribution is 2.42. The van der Waals surface area contributed by atoms with Gasteiger partial charge in [0.15, 0.2) is 0 Å². The van der Waals surface area contributed by atoms with E-state index in [2.05, 4.69) is 25.5 Å². The Morgan fingerprint density at radius 2 is 1.70 bits per heavy atom. The number of carbonyl (C=O) groups is 1. The van der Waals surface area contributed by atoms with Gasteiger partial charge in [0.05, 0.1) is 16.6 Å². The largest absolute Gasteiger partial charge is 0.416 e. The maximum atomic E-state index is 15.2. The van der Waals surface area contributed by atoms with Gasteiger partial charge in [-0.25, -0.2) is 19.2 Å². The minimum absolute atomic E-state index is 0.0440. The van der Waals surface area contributed by atoms with E-state index in [-0.39, 0.29) is 29.3 Å². The summed E-state index contributed by atoms with van der Waals surface area (Å²) in [5.41, 5.74) is 7.20. The third-order valence-corrected chi connectivity index (χ3v) is 8.64. The molecular weight excluding hydrogens is 576 g/mol. The number of halogens is 4. The Morgan fingerprint density at radius 3 is 2.39 bits per heavy atom. The van der Waals surface area contributed by atoms with E-state index in [9.17, 15) is 18.0 Å².